The van der Waals surface area contributed by atoms with Crippen molar-refractivity contribution in [1.82, 2.24) is 5.32 Å². The number of hydrogen-bond donors (Lipinski definition) is 2. The molecule has 1 aliphatic carbocycles. The molecule has 110 valence electrons. The van der Waals surface area contributed by atoms with Gasteiger partial charge >= 0.3 is 5.97 Å². The molecule has 3 atom stereocenters. The van der Waals surface area contributed by atoms with Crippen LogP contribution in [0, 0.1) is 29.1 Å². The Hall–Kier alpha value is -2.35. The first-order valence-corrected chi connectivity index (χ1v) is 7.00. The molecule has 1 unspecified atom stereocenters. The van der Waals surface area contributed by atoms with E-state index in [4.69, 9.17) is 5.26 Å². The summed E-state index contributed by atoms with van der Waals surface area (Å²) in [6.07, 6.45) is 1.18. The number of aliphatic carboxylic acids is 1. The molecule has 1 fully saturated rings. The molecule has 21 heavy (non-hydrogen) atoms. The normalized spacial score (nSPS) is 24.3. The highest BCUT2D eigenvalue weighted by Crippen LogP contribution is 2.36. The number of amides is 1. The SMILES string of the molecule is CC1C[C@H](C(=O)NCc2ccc(C#N)cc2)[C@H](C(=O)O)C1. The highest BCUT2D eigenvalue weighted by atomic mass is 16.4. The van der Waals surface area contributed by atoms with Gasteiger partial charge in [0.05, 0.1) is 23.5 Å². The average Bonchev–Trinajstić information content (AvgIpc) is 2.87. The van der Waals surface area contributed by atoms with Crippen LogP contribution >= 0.6 is 0 Å². The van der Waals surface area contributed by atoms with E-state index in [1.54, 1.807) is 24.3 Å². The molecule has 1 aliphatic rings. The van der Waals surface area contributed by atoms with Gasteiger partial charge in [-0.3, -0.25) is 9.59 Å². The van der Waals surface area contributed by atoms with Crippen LogP contribution in [0.25, 0.3) is 0 Å². The van der Waals surface area contributed by atoms with Crippen LogP contribution in [0.5, 0.6) is 0 Å². The molecule has 0 radical (unpaired) electrons. The number of hydrogen-bond acceptors (Lipinski definition) is 3. The molecule has 1 aromatic rings. The van der Waals surface area contributed by atoms with Crippen LogP contribution in [0.3, 0.4) is 0 Å². The van der Waals surface area contributed by atoms with E-state index in [0.717, 1.165) is 5.56 Å². The Bertz CT molecular complexity index is 574. The third kappa shape index (κ3) is 3.60. The van der Waals surface area contributed by atoms with Crippen molar-refractivity contribution in [2.75, 3.05) is 0 Å². The Labute approximate surface area is 123 Å². The van der Waals surface area contributed by atoms with Crippen molar-refractivity contribution in [3.63, 3.8) is 0 Å². The van der Waals surface area contributed by atoms with Crippen LogP contribution in [-0.2, 0) is 16.1 Å². The van der Waals surface area contributed by atoms with Crippen LogP contribution in [0.4, 0.5) is 0 Å². The Morgan fingerprint density at radius 2 is 1.90 bits per heavy atom. The van der Waals surface area contributed by atoms with Crippen molar-refractivity contribution in [3.8, 4) is 6.07 Å². The topological polar surface area (TPSA) is 90.2 Å². The quantitative estimate of drug-likeness (QED) is 0.884. The summed E-state index contributed by atoms with van der Waals surface area (Å²) in [5, 5.41) is 20.7. The molecule has 2 N–H and O–H groups in total. The Kier molecular flexibility index (Phi) is 4.59. The molecule has 0 aromatic heterocycles. The second-order valence-electron chi connectivity index (χ2n) is 5.65. The smallest absolute Gasteiger partial charge is 0.307 e. The maximum atomic E-state index is 12.2. The van der Waals surface area contributed by atoms with Crippen LogP contribution < -0.4 is 5.32 Å². The van der Waals surface area contributed by atoms with Crippen LogP contribution in [0.15, 0.2) is 24.3 Å². The van der Waals surface area contributed by atoms with Gasteiger partial charge in [0.15, 0.2) is 0 Å². The summed E-state index contributed by atoms with van der Waals surface area (Å²) >= 11 is 0. The number of carbonyl (C=O) groups excluding carboxylic acids is 1. The summed E-state index contributed by atoms with van der Waals surface area (Å²) in [6, 6.07) is 8.99. The molecular weight excluding hydrogens is 268 g/mol. The zero-order valence-corrected chi connectivity index (χ0v) is 11.9. The fourth-order valence-electron chi connectivity index (χ4n) is 2.87. The zero-order valence-electron chi connectivity index (χ0n) is 11.9. The van der Waals surface area contributed by atoms with Crippen molar-refractivity contribution in [3.05, 3.63) is 35.4 Å². The standard InChI is InChI=1S/C16H18N2O3/c1-10-6-13(14(7-10)16(20)21)15(19)18-9-12-4-2-11(8-17)3-5-12/h2-5,10,13-14H,6-7,9H2,1H3,(H,18,19)(H,20,21)/t10?,13-,14+/m0/s1. The van der Waals surface area contributed by atoms with E-state index in [9.17, 15) is 14.7 Å². The van der Waals surface area contributed by atoms with Gasteiger partial charge in [-0.15, -0.1) is 0 Å². The molecular formula is C16H18N2O3. The van der Waals surface area contributed by atoms with Crippen molar-refractivity contribution in [2.45, 2.75) is 26.3 Å². The lowest BCUT2D eigenvalue weighted by atomic mass is 9.95. The number of carboxylic acids is 1. The maximum absolute atomic E-state index is 12.2. The highest BCUT2D eigenvalue weighted by Gasteiger charge is 2.40. The largest absolute Gasteiger partial charge is 0.481 e. The minimum atomic E-state index is -0.891. The van der Waals surface area contributed by atoms with Gasteiger partial charge in [0, 0.05) is 6.54 Å². The second kappa shape index (κ2) is 6.40. The summed E-state index contributed by atoms with van der Waals surface area (Å²) in [5.74, 6) is -1.86. The number of carbonyl (C=O) groups is 2. The van der Waals surface area contributed by atoms with Crippen molar-refractivity contribution >= 4 is 11.9 Å². The lowest BCUT2D eigenvalue weighted by molar-refractivity contribution is -0.146. The molecule has 0 spiro atoms. The average molecular weight is 286 g/mol. The van der Waals surface area contributed by atoms with Crippen LogP contribution in [0.2, 0.25) is 0 Å². The minimum Gasteiger partial charge on any atom is -0.481 e. The molecule has 0 saturated heterocycles. The lowest BCUT2D eigenvalue weighted by Crippen LogP contribution is -2.34. The third-order valence-electron chi connectivity index (χ3n) is 4.00. The summed E-state index contributed by atoms with van der Waals surface area (Å²) in [7, 11) is 0. The van der Waals surface area contributed by atoms with Crippen LogP contribution in [0.1, 0.15) is 30.9 Å². The molecule has 0 aliphatic heterocycles. The van der Waals surface area contributed by atoms with Gasteiger partial charge in [0.25, 0.3) is 0 Å². The summed E-state index contributed by atoms with van der Waals surface area (Å²) < 4.78 is 0. The fourth-order valence-corrected chi connectivity index (χ4v) is 2.87. The third-order valence-corrected chi connectivity index (χ3v) is 4.00. The van der Waals surface area contributed by atoms with Gasteiger partial charge in [-0.1, -0.05) is 19.1 Å². The molecule has 1 saturated carbocycles. The Morgan fingerprint density at radius 3 is 2.48 bits per heavy atom. The van der Waals surface area contributed by atoms with Gasteiger partial charge < -0.3 is 10.4 Å². The molecule has 0 bridgehead atoms. The zero-order chi connectivity index (χ0) is 15.4. The van der Waals surface area contributed by atoms with E-state index in [2.05, 4.69) is 5.32 Å². The molecule has 1 amide bonds. The van der Waals surface area contributed by atoms with Gasteiger partial charge in [-0.05, 0) is 36.5 Å². The molecule has 0 heterocycles. The lowest BCUT2D eigenvalue weighted by Gasteiger charge is -2.15. The van der Waals surface area contributed by atoms with E-state index in [1.807, 2.05) is 13.0 Å². The van der Waals surface area contributed by atoms with E-state index < -0.39 is 17.8 Å². The Morgan fingerprint density at radius 1 is 1.29 bits per heavy atom. The number of nitrogens with zero attached hydrogens (tertiary/aromatic N) is 1. The summed E-state index contributed by atoms with van der Waals surface area (Å²) in [5.41, 5.74) is 1.46. The van der Waals surface area contributed by atoms with Gasteiger partial charge in [0.2, 0.25) is 5.91 Å². The number of carboxylic acid groups (broad SMARTS) is 1. The van der Waals surface area contributed by atoms with E-state index in [1.165, 1.54) is 0 Å². The monoisotopic (exact) mass is 286 g/mol. The number of benzene rings is 1. The van der Waals surface area contributed by atoms with Gasteiger partial charge in [-0.2, -0.15) is 5.26 Å². The number of nitriles is 1. The molecule has 5 heteroatoms. The van der Waals surface area contributed by atoms with Crippen molar-refractivity contribution in [2.24, 2.45) is 17.8 Å². The summed E-state index contributed by atoms with van der Waals surface area (Å²) in [4.78, 5) is 23.4. The van der Waals surface area contributed by atoms with Crippen molar-refractivity contribution in [1.29, 1.82) is 5.26 Å². The number of rotatable bonds is 4. The van der Waals surface area contributed by atoms with Crippen molar-refractivity contribution < 1.29 is 14.7 Å². The molecule has 1 aromatic carbocycles. The van der Waals surface area contributed by atoms with Crippen LogP contribution in [-0.4, -0.2) is 17.0 Å². The van der Waals surface area contributed by atoms with E-state index >= 15 is 0 Å². The minimum absolute atomic E-state index is 0.198. The Balaban J connectivity index is 1.94. The number of nitrogens with one attached hydrogen (secondary N) is 1. The van der Waals surface area contributed by atoms with Gasteiger partial charge in [-0.25, -0.2) is 0 Å². The van der Waals surface area contributed by atoms with E-state index in [0.29, 0.717) is 24.9 Å². The highest BCUT2D eigenvalue weighted by molar-refractivity contribution is 5.85. The van der Waals surface area contributed by atoms with E-state index in [-0.39, 0.29) is 11.8 Å². The summed E-state index contributed by atoms with van der Waals surface area (Å²) in [6.45, 7) is 2.32. The first-order valence-electron chi connectivity index (χ1n) is 7.00. The molecule has 2 rings (SSSR count). The maximum Gasteiger partial charge on any atom is 0.307 e. The second-order valence-corrected chi connectivity index (χ2v) is 5.65. The first kappa shape index (κ1) is 15.0. The molecule has 5 nitrogen and oxygen atoms in total. The fraction of sp³-hybridized carbons (Fsp3) is 0.438. The predicted molar refractivity (Wildman–Crippen MR) is 76.0 cm³/mol. The predicted octanol–water partition coefficient (Wildman–Crippen LogP) is 1.92. The first-order chi connectivity index (χ1) is 10.0. The van der Waals surface area contributed by atoms with Gasteiger partial charge in [0.1, 0.15) is 0 Å².